The van der Waals surface area contributed by atoms with E-state index in [1.807, 2.05) is 42.5 Å². The molecule has 3 aromatic rings. The highest BCUT2D eigenvalue weighted by Gasteiger charge is 2.18. The molecule has 0 saturated carbocycles. The Morgan fingerprint density at radius 3 is 2.71 bits per heavy atom. The van der Waals surface area contributed by atoms with Gasteiger partial charge in [0.25, 0.3) is 0 Å². The molecular weight excluding hydrogens is 350 g/mol. The second-order valence-electron chi connectivity index (χ2n) is 4.68. The summed E-state index contributed by atoms with van der Waals surface area (Å²) in [6.45, 7) is 0. The van der Waals surface area contributed by atoms with Crippen LogP contribution >= 0.6 is 27.5 Å². The van der Waals surface area contributed by atoms with Gasteiger partial charge in [-0.15, -0.1) is 0 Å². The first-order valence-electron chi connectivity index (χ1n) is 6.45. The molecule has 1 aromatic heterocycles. The molecule has 0 aliphatic rings. The zero-order chi connectivity index (χ0) is 14.8. The van der Waals surface area contributed by atoms with Gasteiger partial charge in [-0.3, -0.25) is 10.8 Å². The van der Waals surface area contributed by atoms with E-state index in [0.717, 1.165) is 26.5 Å². The van der Waals surface area contributed by atoms with Crippen molar-refractivity contribution in [1.29, 1.82) is 0 Å². The van der Waals surface area contributed by atoms with E-state index in [1.165, 1.54) is 0 Å². The molecule has 0 fully saturated rings. The Labute approximate surface area is 136 Å². The number of hydrogen-bond donors (Lipinski definition) is 2. The highest BCUT2D eigenvalue weighted by Crippen LogP contribution is 2.33. The average Bonchev–Trinajstić information content (AvgIpc) is 2.50. The molecule has 1 atom stereocenters. The minimum Gasteiger partial charge on any atom is -0.271 e. The molecule has 21 heavy (non-hydrogen) atoms. The summed E-state index contributed by atoms with van der Waals surface area (Å²) >= 11 is 9.57. The lowest BCUT2D eigenvalue weighted by Crippen LogP contribution is -2.29. The summed E-state index contributed by atoms with van der Waals surface area (Å²) in [6, 6.07) is 15.5. The molecule has 2 aromatic carbocycles. The first-order valence-corrected chi connectivity index (χ1v) is 7.62. The topological polar surface area (TPSA) is 50.9 Å². The van der Waals surface area contributed by atoms with E-state index in [4.69, 9.17) is 17.4 Å². The van der Waals surface area contributed by atoms with Crippen molar-refractivity contribution >= 4 is 38.4 Å². The third-order valence-electron chi connectivity index (χ3n) is 3.43. The van der Waals surface area contributed by atoms with E-state index in [1.54, 1.807) is 6.20 Å². The zero-order valence-corrected chi connectivity index (χ0v) is 13.4. The molecule has 1 unspecified atom stereocenters. The monoisotopic (exact) mass is 361 g/mol. The number of halogens is 2. The van der Waals surface area contributed by atoms with Gasteiger partial charge >= 0.3 is 0 Å². The quantitative estimate of drug-likeness (QED) is 0.542. The summed E-state index contributed by atoms with van der Waals surface area (Å²) in [6.07, 6.45) is 1.79. The maximum absolute atomic E-state index is 6.01. The first-order chi connectivity index (χ1) is 10.2. The molecule has 0 aliphatic heterocycles. The van der Waals surface area contributed by atoms with Crippen LogP contribution < -0.4 is 11.3 Å². The van der Waals surface area contributed by atoms with Crippen LogP contribution in [0.1, 0.15) is 17.2 Å². The van der Waals surface area contributed by atoms with Crippen molar-refractivity contribution in [3.05, 3.63) is 75.4 Å². The standard InChI is InChI=1S/C16H13BrClN3/c17-14-9-10(18)6-7-13(14)16(21-19)12-3-1-5-15-11(12)4-2-8-20-15/h1-9,16,21H,19H2. The lowest BCUT2D eigenvalue weighted by molar-refractivity contribution is 0.638. The normalized spacial score (nSPS) is 12.5. The Bertz CT molecular complexity index is 786. The van der Waals surface area contributed by atoms with Crippen LogP contribution in [0.25, 0.3) is 10.9 Å². The smallest absolute Gasteiger partial charge is 0.0727 e. The highest BCUT2D eigenvalue weighted by molar-refractivity contribution is 9.10. The summed E-state index contributed by atoms with van der Waals surface area (Å²) < 4.78 is 0.916. The molecule has 1 heterocycles. The van der Waals surface area contributed by atoms with E-state index >= 15 is 0 Å². The van der Waals surface area contributed by atoms with Crippen LogP contribution in [-0.2, 0) is 0 Å². The van der Waals surface area contributed by atoms with E-state index in [2.05, 4.69) is 32.4 Å². The first kappa shape index (κ1) is 14.5. The molecule has 0 radical (unpaired) electrons. The Kier molecular flexibility index (Phi) is 4.22. The summed E-state index contributed by atoms with van der Waals surface area (Å²) in [4.78, 5) is 4.39. The SMILES string of the molecule is NNC(c1ccc(Cl)cc1Br)c1cccc2ncccc12. The van der Waals surface area contributed by atoms with Gasteiger partial charge in [-0.2, -0.15) is 0 Å². The summed E-state index contributed by atoms with van der Waals surface area (Å²) in [5, 5.41) is 1.76. The fraction of sp³-hybridized carbons (Fsp3) is 0.0625. The number of hydrogen-bond acceptors (Lipinski definition) is 3. The Morgan fingerprint density at radius 1 is 1.10 bits per heavy atom. The number of rotatable bonds is 3. The van der Waals surface area contributed by atoms with Crippen LogP contribution in [0, 0.1) is 0 Å². The molecule has 0 aliphatic carbocycles. The number of nitrogens with one attached hydrogen (secondary N) is 1. The fourth-order valence-electron chi connectivity index (χ4n) is 2.46. The molecule has 0 amide bonds. The lowest BCUT2D eigenvalue weighted by atomic mass is 9.96. The molecule has 3 rings (SSSR count). The molecule has 3 N–H and O–H groups in total. The van der Waals surface area contributed by atoms with Gasteiger partial charge in [-0.05, 0) is 35.4 Å². The minimum absolute atomic E-state index is 0.149. The molecule has 0 saturated heterocycles. The largest absolute Gasteiger partial charge is 0.271 e. The third kappa shape index (κ3) is 2.80. The molecule has 3 nitrogen and oxygen atoms in total. The number of benzene rings is 2. The average molecular weight is 363 g/mol. The number of nitrogens with two attached hydrogens (primary N) is 1. The van der Waals surface area contributed by atoms with Crippen molar-refractivity contribution in [3.63, 3.8) is 0 Å². The molecule has 0 spiro atoms. The van der Waals surface area contributed by atoms with Gasteiger partial charge in [0.15, 0.2) is 0 Å². The Morgan fingerprint density at radius 2 is 1.95 bits per heavy atom. The summed E-state index contributed by atoms with van der Waals surface area (Å²) in [7, 11) is 0. The van der Waals surface area contributed by atoms with E-state index in [-0.39, 0.29) is 6.04 Å². The van der Waals surface area contributed by atoms with Gasteiger partial charge < -0.3 is 0 Å². The second-order valence-corrected chi connectivity index (χ2v) is 5.97. The van der Waals surface area contributed by atoms with Crippen molar-refractivity contribution in [2.75, 3.05) is 0 Å². The van der Waals surface area contributed by atoms with Crippen LogP contribution in [0.3, 0.4) is 0 Å². The maximum atomic E-state index is 6.01. The van der Waals surface area contributed by atoms with Gasteiger partial charge in [0.05, 0.1) is 11.6 Å². The van der Waals surface area contributed by atoms with Crippen LogP contribution in [0.2, 0.25) is 5.02 Å². The molecular formula is C16H13BrClN3. The van der Waals surface area contributed by atoms with E-state index < -0.39 is 0 Å². The third-order valence-corrected chi connectivity index (χ3v) is 4.35. The van der Waals surface area contributed by atoms with Crippen molar-refractivity contribution in [1.82, 2.24) is 10.4 Å². The van der Waals surface area contributed by atoms with Crippen molar-refractivity contribution < 1.29 is 0 Å². The van der Waals surface area contributed by atoms with Crippen LogP contribution in [0.4, 0.5) is 0 Å². The van der Waals surface area contributed by atoms with Crippen molar-refractivity contribution in [2.45, 2.75) is 6.04 Å². The van der Waals surface area contributed by atoms with Crippen LogP contribution in [0.5, 0.6) is 0 Å². The van der Waals surface area contributed by atoms with Gasteiger partial charge in [0, 0.05) is 21.1 Å². The predicted molar refractivity (Wildman–Crippen MR) is 90.1 cm³/mol. The van der Waals surface area contributed by atoms with Gasteiger partial charge in [-0.25, -0.2) is 5.43 Å². The zero-order valence-electron chi connectivity index (χ0n) is 11.1. The summed E-state index contributed by atoms with van der Waals surface area (Å²) in [5.41, 5.74) is 5.93. The molecule has 5 heteroatoms. The predicted octanol–water partition coefficient (Wildman–Crippen LogP) is 4.20. The number of aromatic nitrogens is 1. The molecule has 0 bridgehead atoms. The highest BCUT2D eigenvalue weighted by atomic mass is 79.9. The Hall–Kier alpha value is -1.46. The van der Waals surface area contributed by atoms with Gasteiger partial charge in [0.1, 0.15) is 0 Å². The van der Waals surface area contributed by atoms with Crippen LogP contribution in [0.15, 0.2) is 59.2 Å². The number of fused-ring (bicyclic) bond motifs is 1. The van der Waals surface area contributed by atoms with Gasteiger partial charge in [-0.1, -0.05) is 51.8 Å². The van der Waals surface area contributed by atoms with E-state index in [0.29, 0.717) is 5.02 Å². The van der Waals surface area contributed by atoms with Gasteiger partial charge in [0.2, 0.25) is 0 Å². The minimum atomic E-state index is -0.149. The lowest BCUT2D eigenvalue weighted by Gasteiger charge is -2.20. The summed E-state index contributed by atoms with van der Waals surface area (Å²) in [5.74, 6) is 5.81. The fourth-order valence-corrected chi connectivity index (χ4v) is 3.37. The molecule has 106 valence electrons. The number of nitrogens with zero attached hydrogens (tertiary/aromatic N) is 1. The van der Waals surface area contributed by atoms with E-state index in [9.17, 15) is 0 Å². The van der Waals surface area contributed by atoms with Crippen LogP contribution in [-0.4, -0.2) is 4.98 Å². The second kappa shape index (κ2) is 6.12. The van der Waals surface area contributed by atoms with Crippen molar-refractivity contribution in [3.8, 4) is 0 Å². The number of hydrazine groups is 1. The number of pyridine rings is 1. The Balaban J connectivity index is 2.18. The maximum Gasteiger partial charge on any atom is 0.0727 e. The van der Waals surface area contributed by atoms with Crippen molar-refractivity contribution in [2.24, 2.45) is 5.84 Å².